The van der Waals surface area contributed by atoms with Crippen LogP contribution in [0.5, 0.6) is 5.75 Å². The average Bonchev–Trinajstić information content (AvgIpc) is 3.31. The zero-order valence-electron chi connectivity index (χ0n) is 16.5. The summed E-state index contributed by atoms with van der Waals surface area (Å²) in [6.45, 7) is 0. The van der Waals surface area contributed by atoms with Crippen LogP contribution in [-0.4, -0.2) is 28.0 Å². The number of nitrogens with one attached hydrogen (secondary N) is 1. The van der Waals surface area contributed by atoms with Crippen LogP contribution >= 0.6 is 11.6 Å². The number of allylic oxidation sites excluding steroid dienone is 1. The van der Waals surface area contributed by atoms with Crippen molar-refractivity contribution in [2.24, 2.45) is 4.99 Å². The van der Waals surface area contributed by atoms with Gasteiger partial charge in [-0.2, -0.15) is 5.26 Å². The Hall–Kier alpha value is -4.28. The minimum absolute atomic E-state index is 0.0624. The number of halogens is 1. The molecule has 1 amide bonds. The lowest BCUT2D eigenvalue weighted by molar-refractivity contribution is 0.0922. The lowest BCUT2D eigenvalue weighted by atomic mass is 9.80. The van der Waals surface area contributed by atoms with E-state index >= 15 is 0 Å². The predicted molar refractivity (Wildman–Crippen MR) is 120 cm³/mol. The number of carbonyl (C=O) groups excluding carboxylic acids is 2. The highest BCUT2D eigenvalue weighted by Gasteiger charge is 2.42. The van der Waals surface area contributed by atoms with Crippen LogP contribution < -0.4 is 5.32 Å². The SMILES string of the molecule is N#Cc1ccc(C(=O)C2(c3ccc(O)cc3C(=O)Nc3ccc(Cl)cn3)C=CC=N2)cc1. The molecule has 156 valence electrons. The number of amides is 1. The quantitative estimate of drug-likeness (QED) is 0.572. The van der Waals surface area contributed by atoms with E-state index < -0.39 is 11.4 Å². The lowest BCUT2D eigenvalue weighted by Gasteiger charge is -2.26. The smallest absolute Gasteiger partial charge is 0.257 e. The van der Waals surface area contributed by atoms with Crippen molar-refractivity contribution in [3.63, 3.8) is 0 Å². The van der Waals surface area contributed by atoms with Crippen LogP contribution in [0.3, 0.4) is 0 Å². The van der Waals surface area contributed by atoms with Crippen LogP contribution in [0.2, 0.25) is 5.02 Å². The van der Waals surface area contributed by atoms with E-state index in [1.165, 1.54) is 36.7 Å². The van der Waals surface area contributed by atoms with Crippen molar-refractivity contribution in [1.82, 2.24) is 4.98 Å². The number of nitrogens with zero attached hydrogens (tertiary/aromatic N) is 3. The molecule has 1 unspecified atom stereocenters. The molecule has 0 bridgehead atoms. The number of phenols is 1. The maximum absolute atomic E-state index is 13.6. The fourth-order valence-corrected chi connectivity index (χ4v) is 3.52. The number of ketones is 1. The summed E-state index contributed by atoms with van der Waals surface area (Å²) in [4.78, 5) is 35.1. The van der Waals surface area contributed by atoms with Crippen LogP contribution in [0.15, 0.2) is 77.9 Å². The number of anilines is 1. The standard InChI is InChI=1S/C24H15ClN4O3/c25-17-6-9-21(27-14-17)29-23(32)19-12-18(30)7-8-20(19)24(10-1-11-28-24)22(31)16-4-2-15(13-26)3-5-16/h1-12,14,30H,(H,27,29,32). The average molecular weight is 443 g/mol. The third-order valence-corrected chi connectivity index (χ3v) is 5.17. The Labute approximate surface area is 188 Å². The summed E-state index contributed by atoms with van der Waals surface area (Å²) >= 11 is 5.84. The van der Waals surface area contributed by atoms with Gasteiger partial charge in [-0.3, -0.25) is 14.6 Å². The Morgan fingerprint density at radius 1 is 1.09 bits per heavy atom. The van der Waals surface area contributed by atoms with E-state index in [9.17, 15) is 14.7 Å². The molecule has 2 N–H and O–H groups in total. The summed E-state index contributed by atoms with van der Waals surface area (Å²) < 4.78 is 0. The summed E-state index contributed by atoms with van der Waals surface area (Å²) in [5.41, 5.74) is -0.400. The van der Waals surface area contributed by atoms with Crippen molar-refractivity contribution in [3.8, 4) is 11.8 Å². The largest absolute Gasteiger partial charge is 0.508 e. The normalized spacial score (nSPS) is 16.5. The summed E-state index contributed by atoms with van der Waals surface area (Å²) in [6, 6.07) is 15.5. The molecule has 0 radical (unpaired) electrons. The lowest BCUT2D eigenvalue weighted by Crippen LogP contribution is -2.33. The Morgan fingerprint density at radius 3 is 2.50 bits per heavy atom. The van der Waals surface area contributed by atoms with Crippen LogP contribution in [0.25, 0.3) is 0 Å². The van der Waals surface area contributed by atoms with Crippen molar-refractivity contribution in [2.45, 2.75) is 5.54 Å². The first kappa shape index (κ1) is 21.0. The molecule has 8 heteroatoms. The molecule has 0 saturated carbocycles. The summed E-state index contributed by atoms with van der Waals surface area (Å²) in [5.74, 6) is -0.842. The number of phenolic OH excluding ortho intramolecular Hbond substituents is 1. The molecule has 32 heavy (non-hydrogen) atoms. The Morgan fingerprint density at radius 2 is 1.88 bits per heavy atom. The second-order valence-electron chi connectivity index (χ2n) is 6.97. The number of hydrogen-bond acceptors (Lipinski definition) is 6. The van der Waals surface area contributed by atoms with Crippen LogP contribution in [-0.2, 0) is 5.54 Å². The highest BCUT2D eigenvalue weighted by molar-refractivity contribution is 6.30. The van der Waals surface area contributed by atoms with Crippen molar-refractivity contribution in [3.05, 3.63) is 100 Å². The van der Waals surface area contributed by atoms with E-state index in [0.29, 0.717) is 21.7 Å². The molecule has 1 aliphatic heterocycles. The van der Waals surface area contributed by atoms with E-state index in [1.807, 2.05) is 6.07 Å². The van der Waals surface area contributed by atoms with Crippen LogP contribution in [0.4, 0.5) is 5.82 Å². The predicted octanol–water partition coefficient (Wildman–Crippen LogP) is 4.28. The zero-order chi connectivity index (χ0) is 22.7. The van der Waals surface area contributed by atoms with Gasteiger partial charge in [-0.05, 0) is 60.7 Å². The minimum atomic E-state index is -1.50. The molecule has 0 spiro atoms. The number of aromatic hydroxyl groups is 1. The minimum Gasteiger partial charge on any atom is -0.508 e. The van der Waals surface area contributed by atoms with Gasteiger partial charge in [-0.15, -0.1) is 0 Å². The molecule has 4 rings (SSSR count). The van der Waals surface area contributed by atoms with E-state index in [-0.39, 0.29) is 22.9 Å². The number of rotatable bonds is 5. The fourth-order valence-electron chi connectivity index (χ4n) is 3.40. The zero-order valence-corrected chi connectivity index (χ0v) is 17.2. The monoisotopic (exact) mass is 442 g/mol. The first-order valence-corrected chi connectivity index (χ1v) is 9.85. The maximum Gasteiger partial charge on any atom is 0.257 e. The Balaban J connectivity index is 1.78. The number of hydrogen-bond donors (Lipinski definition) is 2. The molecular weight excluding hydrogens is 428 g/mol. The number of aliphatic imine (C=N–C) groups is 1. The molecular formula is C24H15ClN4O3. The number of aromatic nitrogens is 1. The van der Waals surface area contributed by atoms with Gasteiger partial charge in [0.2, 0.25) is 0 Å². The third-order valence-electron chi connectivity index (χ3n) is 4.95. The Bertz CT molecular complexity index is 1290. The highest BCUT2D eigenvalue weighted by atomic mass is 35.5. The van der Waals surface area contributed by atoms with Crippen molar-refractivity contribution in [2.75, 3.05) is 5.32 Å². The van der Waals surface area contributed by atoms with E-state index in [2.05, 4.69) is 15.3 Å². The van der Waals surface area contributed by atoms with Gasteiger partial charge in [0.25, 0.3) is 5.91 Å². The van der Waals surface area contributed by atoms with Gasteiger partial charge in [0.05, 0.1) is 16.7 Å². The molecule has 7 nitrogen and oxygen atoms in total. The number of benzene rings is 2. The molecule has 1 aromatic heterocycles. The molecule has 2 heterocycles. The topological polar surface area (TPSA) is 115 Å². The number of Topliss-reactive ketones (excluding diaryl/α,β-unsaturated/α-hetero) is 1. The number of carbonyl (C=O) groups is 2. The van der Waals surface area contributed by atoms with Crippen LogP contribution in [0.1, 0.15) is 31.8 Å². The second kappa shape index (κ2) is 8.46. The number of nitriles is 1. The molecule has 0 fully saturated rings. The summed E-state index contributed by atoms with van der Waals surface area (Å²) in [5, 5.41) is 22.1. The van der Waals surface area contributed by atoms with Gasteiger partial charge in [0.15, 0.2) is 11.3 Å². The summed E-state index contributed by atoms with van der Waals surface area (Å²) in [7, 11) is 0. The fraction of sp³-hybridized carbons (Fsp3) is 0.0417. The van der Waals surface area contributed by atoms with Gasteiger partial charge in [-0.1, -0.05) is 17.7 Å². The van der Waals surface area contributed by atoms with Gasteiger partial charge >= 0.3 is 0 Å². The second-order valence-corrected chi connectivity index (χ2v) is 7.40. The van der Waals surface area contributed by atoms with Crippen LogP contribution in [0, 0.1) is 11.3 Å². The van der Waals surface area contributed by atoms with Gasteiger partial charge in [0.1, 0.15) is 11.6 Å². The van der Waals surface area contributed by atoms with Gasteiger partial charge in [0, 0.05) is 29.1 Å². The molecule has 1 aliphatic rings. The summed E-state index contributed by atoms with van der Waals surface area (Å²) in [6.07, 6.45) is 6.09. The van der Waals surface area contributed by atoms with E-state index in [1.54, 1.807) is 42.5 Å². The maximum atomic E-state index is 13.6. The van der Waals surface area contributed by atoms with Gasteiger partial charge in [-0.25, -0.2) is 4.98 Å². The molecule has 2 aromatic carbocycles. The molecule has 3 aromatic rings. The highest BCUT2D eigenvalue weighted by Crippen LogP contribution is 2.37. The number of pyridine rings is 1. The van der Waals surface area contributed by atoms with Crippen molar-refractivity contribution in [1.29, 1.82) is 5.26 Å². The van der Waals surface area contributed by atoms with Crippen molar-refractivity contribution < 1.29 is 14.7 Å². The van der Waals surface area contributed by atoms with Gasteiger partial charge < -0.3 is 10.4 Å². The molecule has 0 aliphatic carbocycles. The first-order chi connectivity index (χ1) is 15.4. The third kappa shape index (κ3) is 3.87. The van der Waals surface area contributed by atoms with Crippen molar-refractivity contribution >= 4 is 35.3 Å². The van der Waals surface area contributed by atoms with E-state index in [4.69, 9.17) is 16.9 Å². The Kier molecular flexibility index (Phi) is 5.54. The molecule has 0 saturated heterocycles. The first-order valence-electron chi connectivity index (χ1n) is 9.47. The molecule has 1 atom stereocenters. The van der Waals surface area contributed by atoms with E-state index in [0.717, 1.165) is 0 Å².